The Morgan fingerprint density at radius 3 is 2.69 bits per heavy atom. The van der Waals surface area contributed by atoms with E-state index in [1.807, 2.05) is 12.1 Å². The van der Waals surface area contributed by atoms with Crippen LogP contribution in [0.2, 0.25) is 0 Å². The molecule has 0 radical (unpaired) electrons. The van der Waals surface area contributed by atoms with E-state index in [9.17, 15) is 4.79 Å². The first-order valence-electron chi connectivity index (χ1n) is 5.16. The van der Waals surface area contributed by atoms with Crippen molar-refractivity contribution in [1.29, 1.82) is 0 Å². The SMILES string of the molecule is COc1cccc(OCC2(C(=O)O)CC2)c1. The van der Waals surface area contributed by atoms with Crippen LogP contribution in [0.4, 0.5) is 0 Å². The lowest BCUT2D eigenvalue weighted by molar-refractivity contribution is -0.144. The summed E-state index contributed by atoms with van der Waals surface area (Å²) in [5, 5.41) is 8.98. The van der Waals surface area contributed by atoms with E-state index in [1.165, 1.54) is 0 Å². The van der Waals surface area contributed by atoms with Crippen LogP contribution in [0, 0.1) is 5.41 Å². The van der Waals surface area contributed by atoms with Crippen LogP contribution in [0.1, 0.15) is 12.8 Å². The van der Waals surface area contributed by atoms with Crippen molar-refractivity contribution in [2.75, 3.05) is 13.7 Å². The minimum atomic E-state index is -0.768. The highest BCUT2D eigenvalue weighted by Gasteiger charge is 2.51. The van der Waals surface area contributed by atoms with Gasteiger partial charge < -0.3 is 14.6 Å². The van der Waals surface area contributed by atoms with Crippen LogP contribution in [0.5, 0.6) is 11.5 Å². The van der Waals surface area contributed by atoms with Crippen LogP contribution < -0.4 is 9.47 Å². The van der Waals surface area contributed by atoms with E-state index >= 15 is 0 Å². The first-order chi connectivity index (χ1) is 7.66. The maximum absolute atomic E-state index is 10.9. The molecular formula is C12H14O4. The number of methoxy groups -OCH3 is 1. The molecule has 1 aromatic rings. The number of benzene rings is 1. The summed E-state index contributed by atoms with van der Waals surface area (Å²) >= 11 is 0. The third kappa shape index (κ3) is 2.10. The number of hydrogen-bond donors (Lipinski definition) is 1. The lowest BCUT2D eigenvalue weighted by Gasteiger charge is -2.12. The van der Waals surface area contributed by atoms with Crippen LogP contribution in [0.25, 0.3) is 0 Å². The molecule has 0 unspecified atom stereocenters. The standard InChI is InChI=1S/C12H14O4/c1-15-9-3-2-4-10(7-9)16-8-12(5-6-12)11(13)14/h2-4,7H,5-6,8H2,1H3,(H,13,14). The second kappa shape index (κ2) is 4.04. The van der Waals surface area contributed by atoms with E-state index in [0.29, 0.717) is 24.3 Å². The van der Waals surface area contributed by atoms with E-state index in [0.717, 1.165) is 0 Å². The van der Waals surface area contributed by atoms with Crippen molar-refractivity contribution >= 4 is 5.97 Å². The fourth-order valence-corrected chi connectivity index (χ4v) is 1.48. The molecule has 1 aromatic carbocycles. The molecule has 0 amide bonds. The predicted octanol–water partition coefficient (Wildman–Crippen LogP) is 1.94. The van der Waals surface area contributed by atoms with E-state index in [4.69, 9.17) is 14.6 Å². The first kappa shape index (κ1) is 10.8. The molecule has 2 rings (SSSR count). The lowest BCUT2D eigenvalue weighted by Crippen LogP contribution is -2.22. The zero-order valence-corrected chi connectivity index (χ0v) is 9.10. The third-order valence-corrected chi connectivity index (χ3v) is 2.86. The van der Waals surface area contributed by atoms with E-state index in [1.54, 1.807) is 19.2 Å². The van der Waals surface area contributed by atoms with Gasteiger partial charge in [0.05, 0.1) is 7.11 Å². The quantitative estimate of drug-likeness (QED) is 0.827. The molecule has 16 heavy (non-hydrogen) atoms. The molecule has 0 aliphatic heterocycles. The molecule has 4 nitrogen and oxygen atoms in total. The number of ether oxygens (including phenoxy) is 2. The van der Waals surface area contributed by atoms with Crippen molar-refractivity contribution in [3.05, 3.63) is 24.3 Å². The highest BCUT2D eigenvalue weighted by Crippen LogP contribution is 2.46. The molecule has 0 heterocycles. The Kier molecular flexibility index (Phi) is 2.73. The fraction of sp³-hybridized carbons (Fsp3) is 0.417. The van der Waals surface area contributed by atoms with Crippen molar-refractivity contribution < 1.29 is 19.4 Å². The molecule has 86 valence electrons. The molecular weight excluding hydrogens is 208 g/mol. The second-order valence-corrected chi connectivity index (χ2v) is 4.05. The van der Waals surface area contributed by atoms with Gasteiger partial charge in [0.2, 0.25) is 0 Å². The maximum Gasteiger partial charge on any atom is 0.313 e. The maximum atomic E-state index is 10.9. The van der Waals surface area contributed by atoms with Crippen molar-refractivity contribution in [2.45, 2.75) is 12.8 Å². The normalized spacial score (nSPS) is 16.6. The molecule has 1 N–H and O–H groups in total. The van der Waals surface area contributed by atoms with E-state index in [2.05, 4.69) is 0 Å². The van der Waals surface area contributed by atoms with Gasteiger partial charge in [-0.3, -0.25) is 4.79 Å². The van der Waals surface area contributed by atoms with Gasteiger partial charge in [-0.05, 0) is 25.0 Å². The molecule has 0 saturated heterocycles. The average Bonchev–Trinajstić information content (AvgIpc) is 3.08. The van der Waals surface area contributed by atoms with Crippen LogP contribution in [0.3, 0.4) is 0 Å². The number of hydrogen-bond acceptors (Lipinski definition) is 3. The largest absolute Gasteiger partial charge is 0.497 e. The van der Waals surface area contributed by atoms with Gasteiger partial charge >= 0.3 is 5.97 Å². The van der Waals surface area contributed by atoms with Gasteiger partial charge in [-0.2, -0.15) is 0 Å². The Morgan fingerprint density at radius 1 is 1.44 bits per heavy atom. The number of rotatable bonds is 5. The summed E-state index contributed by atoms with van der Waals surface area (Å²) in [5.41, 5.74) is -0.650. The van der Waals surface area contributed by atoms with Gasteiger partial charge in [0.1, 0.15) is 23.5 Å². The lowest BCUT2D eigenvalue weighted by atomic mass is 10.1. The topological polar surface area (TPSA) is 55.8 Å². The van der Waals surface area contributed by atoms with E-state index in [-0.39, 0.29) is 6.61 Å². The van der Waals surface area contributed by atoms with Crippen LogP contribution in [-0.2, 0) is 4.79 Å². The van der Waals surface area contributed by atoms with Gasteiger partial charge in [-0.15, -0.1) is 0 Å². The summed E-state index contributed by atoms with van der Waals surface area (Å²) in [5.74, 6) is 0.583. The molecule has 1 aliphatic rings. The molecule has 0 aromatic heterocycles. The van der Waals surface area contributed by atoms with Crippen LogP contribution in [0.15, 0.2) is 24.3 Å². The zero-order chi connectivity index (χ0) is 11.6. The summed E-state index contributed by atoms with van der Waals surface area (Å²) in [6, 6.07) is 7.17. The smallest absolute Gasteiger partial charge is 0.313 e. The molecule has 1 saturated carbocycles. The zero-order valence-electron chi connectivity index (χ0n) is 9.10. The minimum Gasteiger partial charge on any atom is -0.497 e. The van der Waals surface area contributed by atoms with Crippen molar-refractivity contribution in [2.24, 2.45) is 5.41 Å². The molecule has 4 heteroatoms. The fourth-order valence-electron chi connectivity index (χ4n) is 1.48. The van der Waals surface area contributed by atoms with Gasteiger partial charge in [0, 0.05) is 6.07 Å². The summed E-state index contributed by atoms with van der Waals surface area (Å²) in [6.07, 6.45) is 1.40. The first-order valence-corrected chi connectivity index (χ1v) is 5.16. The number of carboxylic acid groups (broad SMARTS) is 1. The Balaban J connectivity index is 1.97. The van der Waals surface area contributed by atoms with Crippen molar-refractivity contribution in [3.63, 3.8) is 0 Å². The molecule has 0 atom stereocenters. The molecule has 0 bridgehead atoms. The minimum absolute atomic E-state index is 0.232. The Bertz CT molecular complexity index is 396. The summed E-state index contributed by atoms with van der Waals surface area (Å²) in [6.45, 7) is 0.232. The Labute approximate surface area is 93.8 Å². The van der Waals surface area contributed by atoms with Gasteiger partial charge in [0.25, 0.3) is 0 Å². The van der Waals surface area contributed by atoms with E-state index < -0.39 is 11.4 Å². The Hall–Kier alpha value is -1.71. The van der Waals surface area contributed by atoms with Gasteiger partial charge in [0.15, 0.2) is 0 Å². The molecule has 1 fully saturated rings. The van der Waals surface area contributed by atoms with Crippen molar-refractivity contribution in [1.82, 2.24) is 0 Å². The highest BCUT2D eigenvalue weighted by molar-refractivity contribution is 5.77. The van der Waals surface area contributed by atoms with Gasteiger partial charge in [-0.1, -0.05) is 6.07 Å². The monoisotopic (exact) mass is 222 g/mol. The summed E-state index contributed by atoms with van der Waals surface area (Å²) < 4.78 is 10.5. The van der Waals surface area contributed by atoms with Crippen LogP contribution >= 0.6 is 0 Å². The summed E-state index contributed by atoms with van der Waals surface area (Å²) in [4.78, 5) is 10.9. The molecule has 0 spiro atoms. The van der Waals surface area contributed by atoms with Crippen molar-refractivity contribution in [3.8, 4) is 11.5 Å². The molecule has 1 aliphatic carbocycles. The Morgan fingerprint density at radius 2 is 2.12 bits per heavy atom. The number of carboxylic acids is 1. The summed E-state index contributed by atoms with van der Waals surface area (Å²) in [7, 11) is 1.58. The average molecular weight is 222 g/mol. The third-order valence-electron chi connectivity index (χ3n) is 2.86. The second-order valence-electron chi connectivity index (χ2n) is 4.05. The van der Waals surface area contributed by atoms with Crippen LogP contribution in [-0.4, -0.2) is 24.8 Å². The predicted molar refractivity (Wildman–Crippen MR) is 57.8 cm³/mol. The van der Waals surface area contributed by atoms with Gasteiger partial charge in [-0.25, -0.2) is 0 Å². The number of aliphatic carboxylic acids is 1. The number of carbonyl (C=O) groups is 1. The highest BCUT2D eigenvalue weighted by atomic mass is 16.5.